The van der Waals surface area contributed by atoms with Crippen molar-refractivity contribution in [1.29, 1.82) is 0 Å². The van der Waals surface area contributed by atoms with Crippen molar-refractivity contribution in [2.45, 2.75) is 51.7 Å². The van der Waals surface area contributed by atoms with Gasteiger partial charge < -0.3 is 24.4 Å². The number of carbonyl (C=O) groups excluding carboxylic acids is 2. The highest BCUT2D eigenvalue weighted by molar-refractivity contribution is 5.90. The zero-order valence-electron chi connectivity index (χ0n) is 21.6. The van der Waals surface area contributed by atoms with Crippen LogP contribution in [0.2, 0.25) is 0 Å². The lowest BCUT2D eigenvalue weighted by Crippen LogP contribution is -2.32. The summed E-state index contributed by atoms with van der Waals surface area (Å²) in [5.74, 6) is 0.730. The third-order valence-electron chi connectivity index (χ3n) is 6.37. The molecule has 0 saturated heterocycles. The fourth-order valence-corrected chi connectivity index (χ4v) is 4.82. The third kappa shape index (κ3) is 5.25. The van der Waals surface area contributed by atoms with E-state index < -0.39 is 5.97 Å². The summed E-state index contributed by atoms with van der Waals surface area (Å²) < 4.78 is 17.3. The predicted octanol–water partition coefficient (Wildman–Crippen LogP) is 5.72. The SMILES string of the molecule is C=CCC1Oc2ccc(OCOC(=O)CCC(=O)N(C)C)cc2-c2ccc3c(c21)C(C)=CC(C)(C)N3. The van der Waals surface area contributed by atoms with E-state index in [1.165, 1.54) is 10.5 Å². The molecule has 2 aliphatic heterocycles. The van der Waals surface area contributed by atoms with Gasteiger partial charge in [0.1, 0.15) is 17.6 Å². The van der Waals surface area contributed by atoms with Gasteiger partial charge in [0.15, 0.2) is 0 Å². The van der Waals surface area contributed by atoms with Crippen molar-refractivity contribution >= 4 is 23.1 Å². The number of nitrogens with zero attached hydrogens (tertiary/aromatic N) is 1. The average molecular weight is 491 g/mol. The van der Waals surface area contributed by atoms with Crippen LogP contribution in [0.3, 0.4) is 0 Å². The van der Waals surface area contributed by atoms with E-state index in [1.54, 1.807) is 20.2 Å². The number of fused-ring (bicyclic) bond motifs is 5. The summed E-state index contributed by atoms with van der Waals surface area (Å²) in [4.78, 5) is 25.0. The normalized spacial score (nSPS) is 16.7. The molecule has 1 atom stereocenters. The van der Waals surface area contributed by atoms with Crippen LogP contribution in [0.1, 0.15) is 57.3 Å². The number of benzene rings is 2. The Morgan fingerprint density at radius 3 is 2.67 bits per heavy atom. The van der Waals surface area contributed by atoms with Gasteiger partial charge in [-0.3, -0.25) is 9.59 Å². The second kappa shape index (κ2) is 10.1. The minimum atomic E-state index is -0.478. The van der Waals surface area contributed by atoms with E-state index in [1.807, 2.05) is 18.2 Å². The smallest absolute Gasteiger partial charge is 0.309 e. The van der Waals surface area contributed by atoms with Gasteiger partial charge in [0.05, 0.1) is 12.0 Å². The third-order valence-corrected chi connectivity index (χ3v) is 6.37. The van der Waals surface area contributed by atoms with Crippen LogP contribution in [0, 0.1) is 0 Å². The number of hydrogen-bond donors (Lipinski definition) is 1. The molecule has 7 heteroatoms. The molecule has 2 aromatic rings. The molecule has 0 saturated carbocycles. The predicted molar refractivity (Wildman–Crippen MR) is 141 cm³/mol. The Balaban J connectivity index is 1.56. The van der Waals surface area contributed by atoms with Gasteiger partial charge in [-0.1, -0.05) is 18.2 Å². The van der Waals surface area contributed by atoms with Crippen LogP contribution in [0.5, 0.6) is 11.5 Å². The van der Waals surface area contributed by atoms with Crippen LogP contribution in [-0.2, 0) is 14.3 Å². The summed E-state index contributed by atoms with van der Waals surface area (Å²) in [6, 6.07) is 9.83. The summed E-state index contributed by atoms with van der Waals surface area (Å²) in [5.41, 5.74) is 6.46. The number of esters is 1. The number of allylic oxidation sites excluding steroid dienone is 1. The quantitative estimate of drug-likeness (QED) is 0.290. The maximum absolute atomic E-state index is 12.0. The van der Waals surface area contributed by atoms with Gasteiger partial charge in [-0.2, -0.15) is 0 Å². The van der Waals surface area contributed by atoms with Crippen LogP contribution in [-0.4, -0.2) is 43.2 Å². The maximum atomic E-state index is 12.0. The molecule has 0 aromatic heterocycles. The minimum Gasteiger partial charge on any atom is -0.485 e. The molecule has 2 aliphatic rings. The Bertz CT molecular complexity index is 1230. The van der Waals surface area contributed by atoms with E-state index in [4.69, 9.17) is 14.2 Å². The summed E-state index contributed by atoms with van der Waals surface area (Å²) in [6.07, 6.45) is 4.79. The van der Waals surface area contributed by atoms with E-state index in [-0.39, 0.29) is 37.2 Å². The average Bonchev–Trinajstić information content (AvgIpc) is 2.81. The Morgan fingerprint density at radius 2 is 1.94 bits per heavy atom. The first-order valence-electron chi connectivity index (χ1n) is 12.1. The molecular formula is C29H34N2O5. The molecule has 0 radical (unpaired) electrons. The van der Waals surface area contributed by atoms with Crippen LogP contribution in [0.25, 0.3) is 16.7 Å². The molecule has 2 heterocycles. The summed E-state index contributed by atoms with van der Waals surface area (Å²) in [6.45, 7) is 10.2. The Kier molecular flexibility index (Phi) is 7.11. The molecule has 0 bridgehead atoms. The summed E-state index contributed by atoms with van der Waals surface area (Å²) >= 11 is 0. The fraction of sp³-hybridized carbons (Fsp3) is 0.379. The molecule has 1 unspecified atom stereocenters. The zero-order chi connectivity index (χ0) is 26.0. The molecule has 0 aliphatic carbocycles. The van der Waals surface area contributed by atoms with Gasteiger partial charge in [-0.05, 0) is 56.2 Å². The highest BCUT2D eigenvalue weighted by atomic mass is 16.7. The fourth-order valence-electron chi connectivity index (χ4n) is 4.82. The van der Waals surface area contributed by atoms with Crippen molar-refractivity contribution in [2.24, 2.45) is 0 Å². The number of carbonyl (C=O) groups is 2. The first-order chi connectivity index (χ1) is 17.1. The van der Waals surface area contributed by atoms with Gasteiger partial charge in [0.2, 0.25) is 12.7 Å². The van der Waals surface area contributed by atoms with Gasteiger partial charge in [-0.15, -0.1) is 6.58 Å². The molecule has 4 rings (SSSR count). The van der Waals surface area contributed by atoms with Crippen LogP contribution < -0.4 is 14.8 Å². The number of amides is 1. The number of ether oxygens (including phenoxy) is 3. The standard InChI is InChI=1S/C29H34N2O5/c1-7-8-24-28-20(10-11-22-27(28)18(2)16-29(3,4)30-22)21-15-19(9-12-23(21)36-24)34-17-35-26(33)14-13-25(32)31(5)6/h7,9-12,15-16,24,30H,1,8,13-14,17H2,2-6H3. The lowest BCUT2D eigenvalue weighted by Gasteiger charge is -2.37. The minimum absolute atomic E-state index is 0.0132. The molecular weight excluding hydrogens is 456 g/mol. The Hall–Kier alpha value is -3.74. The number of rotatable bonds is 8. The molecule has 1 amide bonds. The Labute approximate surface area is 212 Å². The molecule has 36 heavy (non-hydrogen) atoms. The van der Waals surface area contributed by atoms with E-state index in [0.29, 0.717) is 12.2 Å². The van der Waals surface area contributed by atoms with Crippen molar-refractivity contribution in [3.63, 3.8) is 0 Å². The van der Waals surface area contributed by atoms with Crippen molar-refractivity contribution in [3.05, 3.63) is 60.2 Å². The zero-order valence-corrected chi connectivity index (χ0v) is 21.6. The highest BCUT2D eigenvalue weighted by Gasteiger charge is 2.33. The maximum Gasteiger partial charge on any atom is 0.309 e. The molecule has 2 aromatic carbocycles. The number of nitrogens with one attached hydrogen (secondary N) is 1. The van der Waals surface area contributed by atoms with Gasteiger partial charge in [0, 0.05) is 49.3 Å². The first-order valence-corrected chi connectivity index (χ1v) is 12.1. The second-order valence-electron chi connectivity index (χ2n) is 9.98. The highest BCUT2D eigenvalue weighted by Crippen LogP contribution is 2.50. The second-order valence-corrected chi connectivity index (χ2v) is 9.98. The van der Waals surface area contributed by atoms with Crippen LogP contribution in [0.4, 0.5) is 5.69 Å². The molecule has 190 valence electrons. The summed E-state index contributed by atoms with van der Waals surface area (Å²) in [5, 5.41) is 3.62. The van der Waals surface area contributed by atoms with Gasteiger partial charge in [-0.25, -0.2) is 0 Å². The van der Waals surface area contributed by atoms with E-state index in [9.17, 15) is 9.59 Å². The monoisotopic (exact) mass is 490 g/mol. The topological polar surface area (TPSA) is 77.1 Å². The van der Waals surface area contributed by atoms with Crippen molar-refractivity contribution < 1.29 is 23.8 Å². The first kappa shape index (κ1) is 25.4. The molecule has 0 spiro atoms. The van der Waals surface area contributed by atoms with Gasteiger partial charge in [0.25, 0.3) is 0 Å². The number of anilines is 1. The van der Waals surface area contributed by atoms with Crippen molar-refractivity contribution in [3.8, 4) is 22.6 Å². The van der Waals surface area contributed by atoms with Crippen LogP contribution in [0.15, 0.2) is 49.1 Å². The largest absolute Gasteiger partial charge is 0.485 e. The lowest BCUT2D eigenvalue weighted by atomic mass is 9.81. The van der Waals surface area contributed by atoms with Crippen molar-refractivity contribution in [2.75, 3.05) is 26.2 Å². The molecule has 0 fully saturated rings. The van der Waals surface area contributed by atoms with E-state index in [0.717, 1.165) is 33.7 Å². The molecule has 7 nitrogen and oxygen atoms in total. The lowest BCUT2D eigenvalue weighted by molar-refractivity contribution is -0.151. The van der Waals surface area contributed by atoms with E-state index in [2.05, 4.69) is 50.9 Å². The van der Waals surface area contributed by atoms with E-state index >= 15 is 0 Å². The van der Waals surface area contributed by atoms with Crippen molar-refractivity contribution in [1.82, 2.24) is 4.90 Å². The molecule has 1 N–H and O–H groups in total. The summed E-state index contributed by atoms with van der Waals surface area (Å²) in [7, 11) is 3.30. The Morgan fingerprint density at radius 1 is 1.17 bits per heavy atom. The van der Waals surface area contributed by atoms with Crippen LogP contribution >= 0.6 is 0 Å². The number of hydrogen-bond acceptors (Lipinski definition) is 6. The van der Waals surface area contributed by atoms with Gasteiger partial charge >= 0.3 is 5.97 Å².